The lowest BCUT2D eigenvalue weighted by Gasteiger charge is -2.28. The van der Waals surface area contributed by atoms with Crippen LogP contribution in [-0.2, 0) is 0 Å². The normalized spacial score (nSPS) is 22.7. The third-order valence-electron chi connectivity index (χ3n) is 4.33. The molecule has 3 nitrogen and oxygen atoms in total. The van der Waals surface area contributed by atoms with E-state index in [1.54, 1.807) is 0 Å². The Bertz CT molecular complexity index is 651. The lowest BCUT2D eigenvalue weighted by atomic mass is 9.87. The van der Waals surface area contributed by atoms with E-state index >= 15 is 0 Å². The van der Waals surface area contributed by atoms with Gasteiger partial charge in [0.05, 0.1) is 5.52 Å². The van der Waals surface area contributed by atoms with Crippen LogP contribution in [0.5, 0.6) is 0 Å². The summed E-state index contributed by atoms with van der Waals surface area (Å²) in [6, 6.07) is 2.49. The molecule has 4 heteroatoms. The molecular weight excluding hydrogens is 242 g/mol. The lowest BCUT2D eigenvalue weighted by molar-refractivity contribution is 0.263. The van der Waals surface area contributed by atoms with Gasteiger partial charge >= 0.3 is 0 Å². The number of aromatic amines is 1. The number of rotatable bonds is 1. The number of pyridine rings is 1. The van der Waals surface area contributed by atoms with Crippen LogP contribution >= 0.6 is 12.2 Å². The summed E-state index contributed by atoms with van der Waals surface area (Å²) in [5, 5.41) is 0. The van der Waals surface area contributed by atoms with Crippen LogP contribution < -0.4 is 0 Å². The Labute approximate surface area is 112 Å². The number of nitrogens with zero attached hydrogens (tertiary/aromatic N) is 2. The quantitative estimate of drug-likeness (QED) is 0.782. The molecule has 2 aromatic rings. The minimum Gasteiger partial charge on any atom is -0.329 e. The first-order valence-corrected chi connectivity index (χ1v) is 6.97. The third kappa shape index (κ3) is 1.62. The predicted molar refractivity (Wildman–Crippen MR) is 76.3 cm³/mol. The minimum absolute atomic E-state index is 0.304. The Balaban J connectivity index is 2.27. The van der Waals surface area contributed by atoms with E-state index in [0.29, 0.717) is 11.5 Å². The van der Waals surface area contributed by atoms with Gasteiger partial charge < -0.3 is 4.98 Å². The molecule has 0 spiro atoms. The van der Waals surface area contributed by atoms with Gasteiger partial charge in [-0.25, -0.2) is 4.98 Å². The van der Waals surface area contributed by atoms with E-state index in [0.717, 1.165) is 15.9 Å². The molecule has 0 aliphatic heterocycles. The van der Waals surface area contributed by atoms with Crippen molar-refractivity contribution in [1.29, 1.82) is 0 Å². The highest BCUT2D eigenvalue weighted by Crippen LogP contribution is 2.46. The van der Waals surface area contributed by atoms with Crippen molar-refractivity contribution in [2.75, 3.05) is 0 Å². The van der Waals surface area contributed by atoms with Gasteiger partial charge in [0.1, 0.15) is 0 Å². The topological polar surface area (TPSA) is 33.6 Å². The van der Waals surface area contributed by atoms with Gasteiger partial charge in [0.25, 0.3) is 0 Å². The molecule has 0 aromatic carbocycles. The number of hydrogen-bond donors (Lipinski definition) is 1. The Kier molecular flexibility index (Phi) is 2.59. The third-order valence-corrected chi connectivity index (χ3v) is 4.63. The Morgan fingerprint density at radius 2 is 2.28 bits per heavy atom. The second-order valence-corrected chi connectivity index (χ2v) is 6.41. The number of H-pyrrole nitrogens is 1. The Hall–Kier alpha value is -1.16. The maximum absolute atomic E-state index is 5.52. The van der Waals surface area contributed by atoms with Gasteiger partial charge in [-0.2, -0.15) is 0 Å². The molecular formula is C14H19N3S. The van der Waals surface area contributed by atoms with Gasteiger partial charge in [0.2, 0.25) is 0 Å². The summed E-state index contributed by atoms with van der Waals surface area (Å²) in [5.41, 5.74) is 3.62. The Morgan fingerprint density at radius 3 is 2.94 bits per heavy atom. The van der Waals surface area contributed by atoms with Crippen molar-refractivity contribution >= 4 is 23.4 Å². The van der Waals surface area contributed by atoms with Gasteiger partial charge in [0.15, 0.2) is 10.4 Å². The SMILES string of the molecule is Cc1ccnc2c1[nH]c(=S)n2C1CCCC1(C)C. The first-order valence-electron chi connectivity index (χ1n) is 6.56. The molecule has 0 amide bonds. The molecule has 1 saturated carbocycles. The van der Waals surface area contributed by atoms with Crippen LogP contribution in [0.15, 0.2) is 12.3 Å². The van der Waals surface area contributed by atoms with Crippen LogP contribution in [0.25, 0.3) is 11.2 Å². The second-order valence-electron chi connectivity index (χ2n) is 6.02. The van der Waals surface area contributed by atoms with Crippen molar-refractivity contribution in [2.45, 2.75) is 46.1 Å². The van der Waals surface area contributed by atoms with Gasteiger partial charge in [-0.15, -0.1) is 0 Å². The highest BCUT2D eigenvalue weighted by Gasteiger charge is 2.37. The van der Waals surface area contributed by atoms with Gasteiger partial charge in [-0.1, -0.05) is 20.3 Å². The Morgan fingerprint density at radius 1 is 1.50 bits per heavy atom. The molecule has 1 unspecified atom stereocenters. The average Bonchev–Trinajstić information content (AvgIpc) is 2.79. The molecule has 1 aliphatic carbocycles. The van der Waals surface area contributed by atoms with Crippen LogP contribution in [0.4, 0.5) is 0 Å². The molecule has 0 radical (unpaired) electrons. The van der Waals surface area contributed by atoms with E-state index in [9.17, 15) is 0 Å². The molecule has 2 heterocycles. The molecule has 2 aromatic heterocycles. The predicted octanol–water partition coefficient (Wildman–Crippen LogP) is 4.15. The second kappa shape index (κ2) is 3.92. The number of nitrogens with one attached hydrogen (secondary N) is 1. The van der Waals surface area contributed by atoms with Crippen molar-refractivity contribution in [3.63, 3.8) is 0 Å². The fourth-order valence-electron chi connectivity index (χ4n) is 3.22. The standard InChI is InChI=1S/C14H19N3S/c1-9-6-8-15-12-11(9)16-13(18)17(12)10-5-4-7-14(10,2)3/h6,8,10H,4-5,7H2,1-3H3,(H,16,18). The van der Waals surface area contributed by atoms with E-state index in [1.165, 1.54) is 24.8 Å². The fourth-order valence-corrected chi connectivity index (χ4v) is 3.54. The van der Waals surface area contributed by atoms with Gasteiger partial charge in [0, 0.05) is 12.2 Å². The first kappa shape index (κ1) is 11.9. The summed E-state index contributed by atoms with van der Waals surface area (Å²) in [7, 11) is 0. The number of aryl methyl sites for hydroxylation is 1. The smallest absolute Gasteiger partial charge is 0.179 e. The zero-order valence-corrected chi connectivity index (χ0v) is 12.0. The number of hydrogen-bond acceptors (Lipinski definition) is 2. The molecule has 1 N–H and O–H groups in total. The molecule has 0 saturated heterocycles. The minimum atomic E-state index is 0.304. The summed E-state index contributed by atoms with van der Waals surface area (Å²) < 4.78 is 3.05. The highest BCUT2D eigenvalue weighted by molar-refractivity contribution is 7.71. The molecule has 18 heavy (non-hydrogen) atoms. The molecule has 1 atom stereocenters. The average molecular weight is 261 g/mol. The zero-order chi connectivity index (χ0) is 12.9. The van der Waals surface area contributed by atoms with E-state index < -0.39 is 0 Å². The fraction of sp³-hybridized carbons (Fsp3) is 0.571. The molecule has 96 valence electrons. The first-order chi connectivity index (χ1) is 8.50. The highest BCUT2D eigenvalue weighted by atomic mass is 32.1. The largest absolute Gasteiger partial charge is 0.329 e. The number of fused-ring (bicyclic) bond motifs is 1. The van der Waals surface area contributed by atoms with E-state index in [1.807, 2.05) is 12.3 Å². The van der Waals surface area contributed by atoms with Crippen LogP contribution in [0.1, 0.15) is 44.7 Å². The summed E-state index contributed by atoms with van der Waals surface area (Å²) in [6.07, 6.45) is 5.61. The van der Waals surface area contributed by atoms with Crippen molar-refractivity contribution in [3.8, 4) is 0 Å². The number of imidazole rings is 1. The summed E-state index contributed by atoms with van der Waals surface area (Å²) in [6.45, 7) is 6.77. The van der Waals surface area contributed by atoms with E-state index in [-0.39, 0.29) is 0 Å². The number of aromatic nitrogens is 3. The van der Waals surface area contributed by atoms with Crippen LogP contribution in [0.2, 0.25) is 0 Å². The molecule has 3 rings (SSSR count). The van der Waals surface area contributed by atoms with Crippen molar-refractivity contribution in [1.82, 2.24) is 14.5 Å². The lowest BCUT2D eigenvalue weighted by Crippen LogP contribution is -2.21. The van der Waals surface area contributed by atoms with Crippen molar-refractivity contribution < 1.29 is 0 Å². The summed E-state index contributed by atoms with van der Waals surface area (Å²) >= 11 is 5.52. The molecule has 1 fully saturated rings. The van der Waals surface area contributed by atoms with Crippen LogP contribution in [0, 0.1) is 17.1 Å². The maximum Gasteiger partial charge on any atom is 0.179 e. The van der Waals surface area contributed by atoms with Gasteiger partial charge in [-0.3, -0.25) is 4.57 Å². The van der Waals surface area contributed by atoms with Gasteiger partial charge in [-0.05, 0) is 49.0 Å². The molecule has 0 bridgehead atoms. The summed E-state index contributed by atoms with van der Waals surface area (Å²) in [4.78, 5) is 7.86. The monoisotopic (exact) mass is 261 g/mol. The zero-order valence-electron chi connectivity index (χ0n) is 11.2. The maximum atomic E-state index is 5.52. The van der Waals surface area contributed by atoms with Crippen LogP contribution in [0.3, 0.4) is 0 Å². The van der Waals surface area contributed by atoms with E-state index in [4.69, 9.17) is 12.2 Å². The molecule has 1 aliphatic rings. The van der Waals surface area contributed by atoms with Crippen LogP contribution in [-0.4, -0.2) is 14.5 Å². The summed E-state index contributed by atoms with van der Waals surface area (Å²) in [5.74, 6) is 0. The van der Waals surface area contributed by atoms with Crippen molar-refractivity contribution in [2.24, 2.45) is 5.41 Å². The van der Waals surface area contributed by atoms with E-state index in [2.05, 4.69) is 35.3 Å². The van der Waals surface area contributed by atoms with Crippen molar-refractivity contribution in [3.05, 3.63) is 22.6 Å².